The first kappa shape index (κ1) is 13.1. The average Bonchev–Trinajstić information content (AvgIpc) is 3.15. The van der Waals surface area contributed by atoms with E-state index in [1.165, 1.54) is 19.3 Å². The van der Waals surface area contributed by atoms with Crippen LogP contribution in [-0.2, 0) is 13.6 Å². The molecule has 0 spiro atoms. The van der Waals surface area contributed by atoms with Crippen LogP contribution in [0, 0.1) is 5.92 Å². The molecular formula is C14H25N5. The Labute approximate surface area is 115 Å². The lowest BCUT2D eigenvalue weighted by Crippen LogP contribution is -2.63. The van der Waals surface area contributed by atoms with E-state index in [0.717, 1.165) is 31.4 Å². The van der Waals surface area contributed by atoms with Crippen LogP contribution in [-0.4, -0.2) is 44.3 Å². The van der Waals surface area contributed by atoms with Gasteiger partial charge < -0.3 is 5.32 Å². The van der Waals surface area contributed by atoms with Crippen LogP contribution in [0.15, 0.2) is 6.33 Å². The Hall–Kier alpha value is -0.940. The molecule has 0 amide bonds. The fourth-order valence-corrected chi connectivity index (χ4v) is 3.10. The van der Waals surface area contributed by atoms with E-state index in [1.54, 1.807) is 6.33 Å². The summed E-state index contributed by atoms with van der Waals surface area (Å²) in [6, 6.07) is 0.677. The van der Waals surface area contributed by atoms with Gasteiger partial charge in [0.05, 0.1) is 6.54 Å². The van der Waals surface area contributed by atoms with E-state index in [0.29, 0.717) is 6.04 Å². The molecule has 1 aromatic rings. The number of hydrogen-bond acceptors (Lipinski definition) is 4. The Morgan fingerprint density at radius 2 is 2.26 bits per heavy atom. The fourth-order valence-electron chi connectivity index (χ4n) is 3.10. The van der Waals surface area contributed by atoms with E-state index in [1.807, 2.05) is 11.7 Å². The molecule has 1 N–H and O–H groups in total. The summed E-state index contributed by atoms with van der Waals surface area (Å²) >= 11 is 0. The lowest BCUT2D eigenvalue weighted by molar-refractivity contribution is 0.0631. The number of aryl methyl sites for hydroxylation is 1. The third-order valence-corrected chi connectivity index (χ3v) is 4.86. The molecule has 1 aliphatic heterocycles. The van der Waals surface area contributed by atoms with Gasteiger partial charge in [-0.25, -0.2) is 4.98 Å². The van der Waals surface area contributed by atoms with Crippen molar-refractivity contribution in [2.75, 3.05) is 13.1 Å². The molecule has 1 aliphatic carbocycles. The maximum absolute atomic E-state index is 4.39. The van der Waals surface area contributed by atoms with E-state index in [-0.39, 0.29) is 5.54 Å². The molecule has 0 bridgehead atoms. The van der Waals surface area contributed by atoms with Crippen LogP contribution in [0.3, 0.4) is 0 Å². The summed E-state index contributed by atoms with van der Waals surface area (Å²) in [5.41, 5.74) is 0.240. The smallest absolute Gasteiger partial charge is 0.140 e. The molecule has 2 atom stereocenters. The molecule has 106 valence electrons. The number of nitrogens with zero attached hydrogens (tertiary/aromatic N) is 4. The number of rotatable bonds is 4. The third kappa shape index (κ3) is 2.67. The van der Waals surface area contributed by atoms with Gasteiger partial charge in [-0.2, -0.15) is 5.10 Å². The van der Waals surface area contributed by atoms with Crippen LogP contribution >= 0.6 is 0 Å². The van der Waals surface area contributed by atoms with Crippen molar-refractivity contribution in [2.45, 2.75) is 51.2 Å². The minimum absolute atomic E-state index is 0.240. The van der Waals surface area contributed by atoms with Crippen molar-refractivity contribution < 1.29 is 0 Å². The molecule has 5 nitrogen and oxygen atoms in total. The lowest BCUT2D eigenvalue weighted by atomic mass is 9.92. The second-order valence-corrected chi connectivity index (χ2v) is 6.40. The van der Waals surface area contributed by atoms with E-state index >= 15 is 0 Å². The molecule has 19 heavy (non-hydrogen) atoms. The minimum Gasteiger partial charge on any atom is -0.309 e. The van der Waals surface area contributed by atoms with Crippen molar-refractivity contribution in [2.24, 2.45) is 13.0 Å². The Kier molecular flexibility index (Phi) is 3.35. The molecule has 2 aliphatic rings. The lowest BCUT2D eigenvalue weighted by Gasteiger charge is -2.46. The fraction of sp³-hybridized carbons (Fsp3) is 0.857. The number of piperazine rings is 1. The van der Waals surface area contributed by atoms with Gasteiger partial charge in [0.25, 0.3) is 0 Å². The van der Waals surface area contributed by atoms with Crippen LogP contribution in [0.4, 0.5) is 0 Å². The molecule has 2 heterocycles. The summed E-state index contributed by atoms with van der Waals surface area (Å²) in [5.74, 6) is 1.97. The minimum atomic E-state index is 0.240. The maximum Gasteiger partial charge on any atom is 0.140 e. The summed E-state index contributed by atoms with van der Waals surface area (Å²) in [6.45, 7) is 7.75. The van der Waals surface area contributed by atoms with Crippen molar-refractivity contribution >= 4 is 0 Å². The maximum atomic E-state index is 4.39. The van der Waals surface area contributed by atoms with Gasteiger partial charge in [0.15, 0.2) is 0 Å². The van der Waals surface area contributed by atoms with Gasteiger partial charge in [-0.05, 0) is 32.1 Å². The van der Waals surface area contributed by atoms with Crippen LogP contribution in [0.1, 0.15) is 38.9 Å². The quantitative estimate of drug-likeness (QED) is 0.886. The molecule has 1 saturated heterocycles. The van der Waals surface area contributed by atoms with E-state index in [9.17, 15) is 0 Å². The van der Waals surface area contributed by atoms with E-state index in [4.69, 9.17) is 0 Å². The topological polar surface area (TPSA) is 46.0 Å². The van der Waals surface area contributed by atoms with Gasteiger partial charge in [0.1, 0.15) is 12.2 Å². The van der Waals surface area contributed by atoms with Gasteiger partial charge in [0, 0.05) is 31.7 Å². The number of hydrogen-bond donors (Lipinski definition) is 1. The Bertz CT molecular complexity index is 439. The highest BCUT2D eigenvalue weighted by Gasteiger charge is 2.42. The zero-order valence-electron chi connectivity index (χ0n) is 12.3. The van der Waals surface area contributed by atoms with Crippen molar-refractivity contribution in [1.29, 1.82) is 0 Å². The molecule has 1 saturated carbocycles. The highest BCUT2D eigenvalue weighted by atomic mass is 15.3. The molecule has 5 heteroatoms. The van der Waals surface area contributed by atoms with Gasteiger partial charge in [-0.15, -0.1) is 0 Å². The van der Waals surface area contributed by atoms with Crippen molar-refractivity contribution in [3.63, 3.8) is 0 Å². The average molecular weight is 263 g/mol. The molecular weight excluding hydrogens is 238 g/mol. The first-order valence-corrected chi connectivity index (χ1v) is 7.43. The van der Waals surface area contributed by atoms with E-state index in [2.05, 4.69) is 34.1 Å². The predicted molar refractivity (Wildman–Crippen MR) is 74.6 cm³/mol. The summed E-state index contributed by atoms with van der Waals surface area (Å²) < 4.78 is 1.90. The van der Waals surface area contributed by atoms with Gasteiger partial charge in [0.2, 0.25) is 0 Å². The number of nitrogens with one attached hydrogen (secondary N) is 1. The molecule has 0 radical (unpaired) electrons. The monoisotopic (exact) mass is 263 g/mol. The Morgan fingerprint density at radius 1 is 1.47 bits per heavy atom. The van der Waals surface area contributed by atoms with Gasteiger partial charge in [-0.1, -0.05) is 6.92 Å². The predicted octanol–water partition coefficient (Wildman–Crippen LogP) is 1.17. The Balaban J connectivity index is 1.75. The van der Waals surface area contributed by atoms with Crippen molar-refractivity contribution in [3.8, 4) is 0 Å². The van der Waals surface area contributed by atoms with Crippen molar-refractivity contribution in [1.82, 2.24) is 25.0 Å². The molecule has 2 fully saturated rings. The van der Waals surface area contributed by atoms with Gasteiger partial charge >= 0.3 is 0 Å². The van der Waals surface area contributed by atoms with Crippen LogP contribution in [0.2, 0.25) is 0 Å². The molecule has 0 aromatic carbocycles. The highest BCUT2D eigenvalue weighted by Crippen LogP contribution is 2.38. The van der Waals surface area contributed by atoms with Gasteiger partial charge in [-0.3, -0.25) is 9.58 Å². The second-order valence-electron chi connectivity index (χ2n) is 6.40. The first-order chi connectivity index (χ1) is 9.11. The van der Waals surface area contributed by atoms with Crippen LogP contribution in [0.25, 0.3) is 0 Å². The molecule has 2 unspecified atom stereocenters. The summed E-state index contributed by atoms with van der Waals surface area (Å²) in [4.78, 5) is 7.01. The first-order valence-electron chi connectivity index (χ1n) is 7.43. The Morgan fingerprint density at radius 3 is 2.84 bits per heavy atom. The third-order valence-electron chi connectivity index (χ3n) is 4.86. The van der Waals surface area contributed by atoms with Crippen molar-refractivity contribution in [3.05, 3.63) is 12.2 Å². The molecule has 3 rings (SSSR count). The standard InChI is InChI=1S/C14H25N5/c1-4-14(2)9-19(8-13-15-10-17-18(13)3)12(7-16-14)11-5-6-11/h10-12,16H,4-9H2,1-3H3. The number of aromatic nitrogens is 3. The molecule has 1 aromatic heterocycles. The summed E-state index contributed by atoms with van der Waals surface area (Å²) in [7, 11) is 1.98. The van der Waals surface area contributed by atoms with Crippen LogP contribution < -0.4 is 5.32 Å². The summed E-state index contributed by atoms with van der Waals surface area (Å²) in [5, 5.41) is 7.94. The second kappa shape index (κ2) is 4.87. The summed E-state index contributed by atoms with van der Waals surface area (Å²) in [6.07, 6.45) is 5.61. The zero-order valence-corrected chi connectivity index (χ0v) is 12.3. The SMILES string of the molecule is CCC1(C)CN(Cc2ncnn2C)C(C2CC2)CN1. The largest absolute Gasteiger partial charge is 0.309 e. The highest BCUT2D eigenvalue weighted by molar-refractivity contribution is 5.01. The normalized spacial score (nSPS) is 32.7. The zero-order chi connectivity index (χ0) is 13.5. The van der Waals surface area contributed by atoms with E-state index < -0.39 is 0 Å². The van der Waals surface area contributed by atoms with Crippen LogP contribution in [0.5, 0.6) is 0 Å².